The Labute approximate surface area is 198 Å². The van der Waals surface area contributed by atoms with Gasteiger partial charge in [0.25, 0.3) is 0 Å². The summed E-state index contributed by atoms with van der Waals surface area (Å²) in [6.45, 7) is 20.1. The van der Waals surface area contributed by atoms with Gasteiger partial charge in [-0.2, -0.15) is 0 Å². The number of allylic oxidation sites excluding steroid dienone is 1. The van der Waals surface area contributed by atoms with Crippen molar-refractivity contribution in [3.8, 4) is 0 Å². The Morgan fingerprint density at radius 1 is 0.844 bits per heavy atom. The molecule has 5 aliphatic rings. The fraction of sp³-hybridized carbons (Fsp3) is 0.933. The van der Waals surface area contributed by atoms with Gasteiger partial charge in [-0.3, -0.25) is 0 Å². The summed E-state index contributed by atoms with van der Waals surface area (Å²) in [6, 6.07) is 0.353. The van der Waals surface area contributed by atoms with Crippen LogP contribution in [0.1, 0.15) is 106 Å². The number of aliphatic hydroxyl groups excluding tert-OH is 1. The predicted octanol–water partition coefficient (Wildman–Crippen LogP) is 6.96. The molecule has 0 heterocycles. The Hall–Kier alpha value is -0.340. The molecular weight excluding hydrogens is 390 g/mol. The lowest BCUT2D eigenvalue weighted by Crippen LogP contribution is -2.67. The number of rotatable bonds is 2. The maximum absolute atomic E-state index is 10.7. The van der Waals surface area contributed by atoms with Crippen molar-refractivity contribution in [1.29, 1.82) is 0 Å². The number of nitrogens with two attached hydrogens (primary N) is 1. The van der Waals surface area contributed by atoms with E-state index in [0.717, 1.165) is 17.8 Å². The topological polar surface area (TPSA) is 46.2 Å². The van der Waals surface area contributed by atoms with Gasteiger partial charge in [0.2, 0.25) is 0 Å². The third-order valence-electron chi connectivity index (χ3n) is 13.7. The Bertz CT molecular complexity index is 788. The van der Waals surface area contributed by atoms with Crippen LogP contribution in [0.5, 0.6) is 0 Å². The smallest absolute Gasteiger partial charge is 0.0490 e. The molecular formula is C30H51NO. The van der Waals surface area contributed by atoms with Gasteiger partial charge in [-0.1, -0.05) is 46.8 Å². The SMILES string of the molecule is C=C(C)[C@@H]1CC[C@]2(CO)CC[C@]3(C)[C@H](CCC4C5(C)CCC(N)C(C)(C)[C@@H]5CC[C@]43C)[C@@H]12. The van der Waals surface area contributed by atoms with Gasteiger partial charge in [-0.05, 0) is 128 Å². The Morgan fingerprint density at radius 2 is 1.56 bits per heavy atom. The van der Waals surface area contributed by atoms with Gasteiger partial charge in [0, 0.05) is 12.6 Å². The molecule has 2 heteroatoms. The van der Waals surface area contributed by atoms with Crippen LogP contribution in [0.4, 0.5) is 0 Å². The van der Waals surface area contributed by atoms with E-state index in [9.17, 15) is 5.11 Å². The predicted molar refractivity (Wildman–Crippen MR) is 134 cm³/mol. The van der Waals surface area contributed by atoms with Gasteiger partial charge >= 0.3 is 0 Å². The zero-order valence-corrected chi connectivity index (χ0v) is 22.0. The normalized spacial score (nSPS) is 56.5. The fourth-order valence-corrected chi connectivity index (χ4v) is 11.6. The summed E-state index contributed by atoms with van der Waals surface area (Å²) in [4.78, 5) is 0. The first-order valence-electron chi connectivity index (χ1n) is 13.9. The summed E-state index contributed by atoms with van der Waals surface area (Å²) in [6.07, 6.45) is 13.0. The Balaban J connectivity index is 1.55. The minimum atomic E-state index is 0.164. The summed E-state index contributed by atoms with van der Waals surface area (Å²) in [5, 5.41) is 10.7. The highest BCUT2D eigenvalue weighted by Gasteiger charge is 2.70. The summed E-state index contributed by atoms with van der Waals surface area (Å²) in [5.41, 5.74) is 9.72. The van der Waals surface area contributed by atoms with Gasteiger partial charge in [-0.25, -0.2) is 0 Å². The van der Waals surface area contributed by atoms with Crippen LogP contribution in [-0.4, -0.2) is 17.8 Å². The van der Waals surface area contributed by atoms with Crippen LogP contribution in [0.25, 0.3) is 0 Å². The molecule has 0 saturated heterocycles. The minimum absolute atomic E-state index is 0.164. The monoisotopic (exact) mass is 441 g/mol. The molecule has 0 aromatic rings. The van der Waals surface area contributed by atoms with Gasteiger partial charge in [0.1, 0.15) is 0 Å². The highest BCUT2D eigenvalue weighted by atomic mass is 16.3. The first-order valence-corrected chi connectivity index (χ1v) is 13.9. The molecule has 0 aromatic carbocycles. The molecule has 0 aliphatic heterocycles. The van der Waals surface area contributed by atoms with E-state index < -0.39 is 0 Å². The zero-order chi connectivity index (χ0) is 23.3. The molecule has 0 aromatic heterocycles. The van der Waals surface area contributed by atoms with Crippen molar-refractivity contribution in [2.75, 3.05) is 6.61 Å². The van der Waals surface area contributed by atoms with Crippen LogP contribution >= 0.6 is 0 Å². The molecule has 10 atom stereocenters. The molecule has 0 bridgehead atoms. The highest BCUT2D eigenvalue weighted by molar-refractivity contribution is 5.21. The number of hydrogen-bond acceptors (Lipinski definition) is 2. The van der Waals surface area contributed by atoms with Crippen LogP contribution in [0, 0.1) is 56.7 Å². The second-order valence-electron chi connectivity index (χ2n) is 14.7. The molecule has 32 heavy (non-hydrogen) atoms. The van der Waals surface area contributed by atoms with Crippen molar-refractivity contribution >= 4 is 0 Å². The number of aliphatic hydroxyl groups is 1. The molecule has 5 rings (SSSR count). The maximum atomic E-state index is 10.7. The standard InChI is InChI=1S/C30H51NO/c1-19(2)20-10-15-30(18-32)17-16-28(6)21(25(20)30)8-9-23-27(5)13-12-24(31)26(3,4)22(27)11-14-29(23,28)7/h20-25,32H,1,8-18,31H2,2-7H3/t20-,21+,22-,23?,24?,25+,27?,28+,29+,30+/m0/s1. The van der Waals surface area contributed by atoms with E-state index in [1.165, 1.54) is 69.8 Å². The largest absolute Gasteiger partial charge is 0.396 e. The van der Waals surface area contributed by atoms with Crippen molar-refractivity contribution in [3.63, 3.8) is 0 Å². The van der Waals surface area contributed by atoms with Crippen molar-refractivity contribution in [1.82, 2.24) is 0 Å². The van der Waals surface area contributed by atoms with Crippen molar-refractivity contribution in [2.24, 2.45) is 62.4 Å². The summed E-state index contributed by atoms with van der Waals surface area (Å²) < 4.78 is 0. The first-order chi connectivity index (χ1) is 14.9. The lowest BCUT2D eigenvalue weighted by atomic mass is 9.32. The molecule has 3 unspecified atom stereocenters. The third kappa shape index (κ3) is 2.66. The molecule has 182 valence electrons. The van der Waals surface area contributed by atoms with Crippen LogP contribution in [0.3, 0.4) is 0 Å². The lowest BCUT2D eigenvalue weighted by molar-refractivity contribution is -0.240. The van der Waals surface area contributed by atoms with E-state index in [4.69, 9.17) is 5.73 Å². The molecule has 0 amide bonds. The third-order valence-corrected chi connectivity index (χ3v) is 13.7. The average molecular weight is 442 g/mol. The Kier molecular flexibility index (Phi) is 5.19. The second kappa shape index (κ2) is 7.09. The summed E-state index contributed by atoms with van der Waals surface area (Å²) >= 11 is 0. The first kappa shape index (κ1) is 23.4. The highest BCUT2D eigenvalue weighted by Crippen LogP contribution is 2.77. The zero-order valence-electron chi connectivity index (χ0n) is 22.0. The quantitative estimate of drug-likeness (QED) is 0.455. The van der Waals surface area contributed by atoms with Gasteiger partial charge in [-0.15, -0.1) is 0 Å². The van der Waals surface area contributed by atoms with E-state index in [2.05, 4.69) is 48.1 Å². The van der Waals surface area contributed by atoms with Gasteiger partial charge in [0.05, 0.1) is 0 Å². The van der Waals surface area contributed by atoms with Gasteiger partial charge < -0.3 is 10.8 Å². The summed E-state index contributed by atoms with van der Waals surface area (Å²) in [7, 11) is 0. The van der Waals surface area contributed by atoms with Crippen LogP contribution < -0.4 is 5.73 Å². The van der Waals surface area contributed by atoms with Crippen LogP contribution in [0.2, 0.25) is 0 Å². The fourth-order valence-electron chi connectivity index (χ4n) is 11.6. The molecule has 2 nitrogen and oxygen atoms in total. The molecule has 0 spiro atoms. The molecule has 5 saturated carbocycles. The van der Waals surface area contributed by atoms with Crippen LogP contribution in [-0.2, 0) is 0 Å². The molecule has 0 radical (unpaired) electrons. The molecule has 5 aliphatic carbocycles. The lowest BCUT2D eigenvalue weighted by Gasteiger charge is -2.73. The molecule has 5 fully saturated rings. The van der Waals surface area contributed by atoms with E-state index in [-0.39, 0.29) is 10.8 Å². The van der Waals surface area contributed by atoms with E-state index in [0.29, 0.717) is 40.7 Å². The summed E-state index contributed by atoms with van der Waals surface area (Å²) in [5.74, 6) is 3.57. The number of hydrogen-bond donors (Lipinski definition) is 2. The van der Waals surface area contributed by atoms with Crippen molar-refractivity contribution < 1.29 is 5.11 Å². The van der Waals surface area contributed by atoms with E-state index >= 15 is 0 Å². The van der Waals surface area contributed by atoms with E-state index in [1.807, 2.05) is 0 Å². The van der Waals surface area contributed by atoms with Crippen molar-refractivity contribution in [3.05, 3.63) is 12.2 Å². The Morgan fingerprint density at radius 3 is 2.22 bits per heavy atom. The van der Waals surface area contributed by atoms with Crippen LogP contribution in [0.15, 0.2) is 12.2 Å². The van der Waals surface area contributed by atoms with E-state index in [1.54, 1.807) is 0 Å². The second-order valence-corrected chi connectivity index (χ2v) is 14.7. The molecule has 3 N–H and O–H groups in total. The van der Waals surface area contributed by atoms with Crippen molar-refractivity contribution in [2.45, 2.75) is 112 Å². The number of fused-ring (bicyclic) bond motifs is 7. The maximum Gasteiger partial charge on any atom is 0.0490 e. The van der Waals surface area contributed by atoms with Gasteiger partial charge in [0.15, 0.2) is 0 Å². The minimum Gasteiger partial charge on any atom is -0.396 e. The average Bonchev–Trinajstić information content (AvgIpc) is 3.12.